The first kappa shape index (κ1) is 13.1. The summed E-state index contributed by atoms with van der Waals surface area (Å²) in [4.78, 5) is 0. The van der Waals surface area contributed by atoms with Gasteiger partial charge in [-0.1, -0.05) is 39.7 Å². The number of rotatable bonds is 7. The van der Waals surface area contributed by atoms with Crippen LogP contribution < -0.4 is 0 Å². The van der Waals surface area contributed by atoms with E-state index < -0.39 is 0 Å². The molecule has 0 N–H and O–H groups in total. The van der Waals surface area contributed by atoms with Crippen molar-refractivity contribution in [2.75, 3.05) is 5.75 Å². The summed E-state index contributed by atoms with van der Waals surface area (Å²) in [7, 11) is 0. The molecule has 0 radical (unpaired) electrons. The van der Waals surface area contributed by atoms with Crippen molar-refractivity contribution in [2.45, 2.75) is 57.6 Å². The summed E-state index contributed by atoms with van der Waals surface area (Å²) in [6, 6.07) is 0. The maximum atomic E-state index is 3.72. The second-order valence-electron chi connectivity index (χ2n) is 4.45. The Kier molecular flexibility index (Phi) is 7.54. The lowest BCUT2D eigenvalue weighted by molar-refractivity contribution is 0.676. The van der Waals surface area contributed by atoms with E-state index in [2.05, 4.69) is 39.1 Å². The van der Waals surface area contributed by atoms with E-state index >= 15 is 0 Å². The maximum absolute atomic E-state index is 3.72. The lowest BCUT2D eigenvalue weighted by Gasteiger charge is -2.17. The molecule has 13 heavy (non-hydrogen) atoms. The van der Waals surface area contributed by atoms with Gasteiger partial charge in [0, 0.05) is 4.75 Å². The highest BCUT2D eigenvalue weighted by molar-refractivity contribution is 8.00. The highest BCUT2D eigenvalue weighted by Crippen LogP contribution is 2.24. The van der Waals surface area contributed by atoms with E-state index in [-0.39, 0.29) is 0 Å². The Morgan fingerprint density at radius 2 is 1.69 bits per heavy atom. The number of unbranched alkanes of at least 4 members (excludes halogenated alkanes) is 4. The average molecular weight is 200 g/mol. The molecule has 0 aliphatic rings. The van der Waals surface area contributed by atoms with Gasteiger partial charge in [-0.3, -0.25) is 0 Å². The molecule has 1 heteroatoms. The first-order valence-electron chi connectivity index (χ1n) is 5.31. The monoisotopic (exact) mass is 200 g/mol. The second-order valence-corrected chi connectivity index (χ2v) is 6.37. The molecule has 0 unspecified atom stereocenters. The summed E-state index contributed by atoms with van der Waals surface area (Å²) in [6.45, 7) is 10.6. The number of hydrogen-bond acceptors (Lipinski definition) is 1. The van der Waals surface area contributed by atoms with Crippen LogP contribution in [0, 0.1) is 0 Å². The van der Waals surface area contributed by atoms with Gasteiger partial charge in [-0.15, -0.1) is 6.58 Å². The fourth-order valence-corrected chi connectivity index (χ4v) is 2.08. The van der Waals surface area contributed by atoms with Gasteiger partial charge in [0.1, 0.15) is 0 Å². The lowest BCUT2D eigenvalue weighted by Crippen LogP contribution is -2.08. The highest BCUT2D eigenvalue weighted by atomic mass is 32.2. The summed E-state index contributed by atoms with van der Waals surface area (Å²) in [5.41, 5.74) is 0. The fourth-order valence-electron chi connectivity index (χ4n) is 1.12. The summed E-state index contributed by atoms with van der Waals surface area (Å²) in [5.74, 6) is 1.32. The van der Waals surface area contributed by atoms with Gasteiger partial charge in [-0.2, -0.15) is 11.8 Å². The van der Waals surface area contributed by atoms with E-state index in [9.17, 15) is 0 Å². The molecule has 0 aliphatic carbocycles. The number of thioether (sulfide) groups is 1. The Hall–Kier alpha value is 0.0900. The molecule has 0 heterocycles. The van der Waals surface area contributed by atoms with E-state index in [4.69, 9.17) is 0 Å². The van der Waals surface area contributed by atoms with Gasteiger partial charge in [0.2, 0.25) is 0 Å². The van der Waals surface area contributed by atoms with E-state index in [0.29, 0.717) is 4.75 Å². The van der Waals surface area contributed by atoms with Crippen molar-refractivity contribution in [2.24, 2.45) is 0 Å². The van der Waals surface area contributed by atoms with Crippen LogP contribution in [0.3, 0.4) is 0 Å². The molecular weight excluding hydrogens is 176 g/mol. The zero-order valence-electron chi connectivity index (χ0n) is 9.44. The van der Waals surface area contributed by atoms with Crippen LogP contribution in [0.5, 0.6) is 0 Å². The first-order valence-corrected chi connectivity index (χ1v) is 6.29. The maximum Gasteiger partial charge on any atom is 0.00750 e. The SMILES string of the molecule is C=CCCCCCCSC(C)(C)C. The Balaban J connectivity index is 3.04. The van der Waals surface area contributed by atoms with Crippen molar-refractivity contribution in [3.8, 4) is 0 Å². The summed E-state index contributed by atoms with van der Waals surface area (Å²) >= 11 is 2.08. The van der Waals surface area contributed by atoms with Crippen LogP contribution in [-0.2, 0) is 0 Å². The molecule has 78 valence electrons. The summed E-state index contributed by atoms with van der Waals surface area (Å²) in [6.07, 6.45) is 8.66. The fraction of sp³-hybridized carbons (Fsp3) is 0.833. The second kappa shape index (κ2) is 7.49. The van der Waals surface area contributed by atoms with Crippen LogP contribution in [0.4, 0.5) is 0 Å². The van der Waals surface area contributed by atoms with Crippen LogP contribution in [-0.4, -0.2) is 10.5 Å². The predicted octanol–water partition coefficient (Wildman–Crippen LogP) is 4.65. The minimum atomic E-state index is 0.446. The van der Waals surface area contributed by atoms with Crippen molar-refractivity contribution < 1.29 is 0 Å². The number of allylic oxidation sites excluding steroid dienone is 1. The van der Waals surface area contributed by atoms with Crippen molar-refractivity contribution in [1.29, 1.82) is 0 Å². The number of hydrogen-bond donors (Lipinski definition) is 0. The van der Waals surface area contributed by atoms with Gasteiger partial charge < -0.3 is 0 Å². The molecule has 0 saturated heterocycles. The molecule has 0 aromatic carbocycles. The van der Waals surface area contributed by atoms with Gasteiger partial charge in [0.05, 0.1) is 0 Å². The molecule has 0 aromatic heterocycles. The Morgan fingerprint density at radius 3 is 2.23 bits per heavy atom. The Bertz CT molecular complexity index is 122. The minimum absolute atomic E-state index is 0.446. The van der Waals surface area contributed by atoms with Crippen LogP contribution in [0.25, 0.3) is 0 Å². The third-order valence-corrected chi connectivity index (χ3v) is 3.20. The molecule has 0 aromatic rings. The zero-order chi connectivity index (χ0) is 10.2. The molecule has 0 nitrogen and oxygen atoms in total. The van der Waals surface area contributed by atoms with Crippen molar-refractivity contribution in [1.82, 2.24) is 0 Å². The quantitative estimate of drug-likeness (QED) is 0.425. The third-order valence-electron chi connectivity index (χ3n) is 1.84. The molecule has 0 saturated carbocycles. The molecule has 0 spiro atoms. The van der Waals surface area contributed by atoms with E-state index in [1.807, 2.05) is 6.08 Å². The van der Waals surface area contributed by atoms with Crippen LogP contribution >= 0.6 is 11.8 Å². The van der Waals surface area contributed by atoms with Crippen molar-refractivity contribution in [3.63, 3.8) is 0 Å². The van der Waals surface area contributed by atoms with Gasteiger partial charge >= 0.3 is 0 Å². The lowest BCUT2D eigenvalue weighted by atomic mass is 10.1. The van der Waals surface area contributed by atoms with E-state index in [1.54, 1.807) is 0 Å². The van der Waals surface area contributed by atoms with Crippen molar-refractivity contribution >= 4 is 11.8 Å². The summed E-state index contributed by atoms with van der Waals surface area (Å²) in [5, 5.41) is 0. The van der Waals surface area contributed by atoms with E-state index in [1.165, 1.54) is 37.9 Å². The molecule has 0 rings (SSSR count). The zero-order valence-corrected chi connectivity index (χ0v) is 10.3. The normalized spacial score (nSPS) is 11.6. The standard InChI is InChI=1S/C12H24S/c1-5-6-7-8-9-10-11-13-12(2,3)4/h5H,1,6-11H2,2-4H3. The largest absolute Gasteiger partial charge is 0.156 e. The molecule has 0 atom stereocenters. The third kappa shape index (κ3) is 12.1. The van der Waals surface area contributed by atoms with Crippen LogP contribution in [0.2, 0.25) is 0 Å². The smallest absolute Gasteiger partial charge is 0.00750 e. The molecule has 0 bridgehead atoms. The predicted molar refractivity (Wildman–Crippen MR) is 65.5 cm³/mol. The van der Waals surface area contributed by atoms with Gasteiger partial charge in [-0.25, -0.2) is 0 Å². The van der Waals surface area contributed by atoms with E-state index in [0.717, 1.165) is 0 Å². The average Bonchev–Trinajstić information content (AvgIpc) is 2.01. The molecular formula is C12H24S. The molecule has 0 aliphatic heterocycles. The van der Waals surface area contributed by atoms with Crippen molar-refractivity contribution in [3.05, 3.63) is 12.7 Å². The van der Waals surface area contributed by atoms with Crippen LogP contribution in [0.15, 0.2) is 12.7 Å². The molecule has 0 amide bonds. The highest BCUT2D eigenvalue weighted by Gasteiger charge is 2.08. The Morgan fingerprint density at radius 1 is 1.08 bits per heavy atom. The Labute approximate surface area is 88.2 Å². The topological polar surface area (TPSA) is 0 Å². The van der Waals surface area contributed by atoms with Gasteiger partial charge in [0.15, 0.2) is 0 Å². The van der Waals surface area contributed by atoms with Crippen LogP contribution in [0.1, 0.15) is 52.9 Å². The minimum Gasteiger partial charge on any atom is -0.156 e. The van der Waals surface area contributed by atoms with Gasteiger partial charge in [0.25, 0.3) is 0 Å². The first-order chi connectivity index (χ1) is 6.06. The molecule has 0 fully saturated rings. The van der Waals surface area contributed by atoms with Gasteiger partial charge in [-0.05, 0) is 25.0 Å². The summed E-state index contributed by atoms with van der Waals surface area (Å²) < 4.78 is 0.446.